The third kappa shape index (κ3) is 4.80. The summed E-state index contributed by atoms with van der Waals surface area (Å²) < 4.78 is 6.38. The maximum Gasteiger partial charge on any atom is 0.246 e. The van der Waals surface area contributed by atoms with Gasteiger partial charge in [-0.1, -0.05) is 36.9 Å². The first-order valence-electron chi connectivity index (χ1n) is 15.4. The molecule has 0 N–H and O–H groups in total. The highest BCUT2D eigenvalue weighted by Gasteiger charge is 2.46. The fourth-order valence-electron chi connectivity index (χ4n) is 7.63. The molecule has 7 rings (SSSR count). The van der Waals surface area contributed by atoms with Gasteiger partial charge in [0.25, 0.3) is 0 Å². The van der Waals surface area contributed by atoms with Crippen LogP contribution in [0.1, 0.15) is 48.3 Å². The maximum atomic E-state index is 12.6. The number of carbonyl (C=O) groups excluding carboxylic acids is 1. The van der Waals surface area contributed by atoms with Crippen molar-refractivity contribution in [2.45, 2.75) is 50.1 Å². The number of nitriles is 2. The van der Waals surface area contributed by atoms with Gasteiger partial charge in [0, 0.05) is 31.1 Å². The second-order valence-electron chi connectivity index (χ2n) is 12.5. The predicted octanol–water partition coefficient (Wildman–Crippen LogP) is 5.02. The Morgan fingerprint density at radius 2 is 2.07 bits per heavy atom. The topological polar surface area (TPSA) is 96.5 Å². The lowest BCUT2D eigenvalue weighted by molar-refractivity contribution is -0.128. The van der Waals surface area contributed by atoms with Crippen molar-refractivity contribution in [1.29, 1.82) is 10.5 Å². The van der Waals surface area contributed by atoms with Crippen molar-refractivity contribution in [3.05, 3.63) is 65.7 Å². The van der Waals surface area contributed by atoms with Crippen LogP contribution in [0.25, 0.3) is 22.0 Å². The number of likely N-dealkylation sites (N-methyl/N-ethyl adjacent to an activating group) is 1. The summed E-state index contributed by atoms with van der Waals surface area (Å²) in [7, 11) is 2.11. The third-order valence-electron chi connectivity index (χ3n) is 9.99. The molecule has 2 saturated heterocycles. The summed E-state index contributed by atoms with van der Waals surface area (Å²) in [5, 5.41) is 21.0. The molecule has 2 aliphatic carbocycles. The van der Waals surface area contributed by atoms with Crippen molar-refractivity contribution in [2.75, 3.05) is 44.7 Å². The normalized spacial score (nSPS) is 24.3. The quantitative estimate of drug-likeness (QED) is 0.367. The van der Waals surface area contributed by atoms with E-state index in [-0.39, 0.29) is 24.4 Å². The van der Waals surface area contributed by atoms with Gasteiger partial charge in [0.15, 0.2) is 0 Å². The number of hydrogen-bond acceptors (Lipinski definition) is 7. The van der Waals surface area contributed by atoms with Gasteiger partial charge in [-0.2, -0.15) is 10.5 Å². The second kappa shape index (κ2) is 11.0. The van der Waals surface area contributed by atoms with E-state index in [4.69, 9.17) is 9.72 Å². The number of nitrogens with zero attached hydrogens (tertiary/aromatic N) is 6. The van der Waals surface area contributed by atoms with Crippen LogP contribution in [-0.2, 0) is 11.2 Å². The minimum Gasteiger partial charge on any atom is -0.475 e. The van der Waals surface area contributed by atoms with Crippen molar-refractivity contribution in [1.82, 2.24) is 14.8 Å². The molecule has 4 atom stereocenters. The minimum absolute atomic E-state index is 0.178. The zero-order valence-corrected chi connectivity index (χ0v) is 24.6. The summed E-state index contributed by atoms with van der Waals surface area (Å²) in [4.78, 5) is 23.7. The first-order valence-corrected chi connectivity index (χ1v) is 15.4. The van der Waals surface area contributed by atoms with Crippen LogP contribution < -0.4 is 9.64 Å². The fourth-order valence-corrected chi connectivity index (χ4v) is 7.63. The van der Waals surface area contributed by atoms with Crippen LogP contribution in [-0.4, -0.2) is 72.6 Å². The Labute approximate surface area is 252 Å². The average Bonchev–Trinajstić information content (AvgIpc) is 3.50. The van der Waals surface area contributed by atoms with E-state index >= 15 is 0 Å². The summed E-state index contributed by atoms with van der Waals surface area (Å²) in [6, 6.07) is 17.7. The summed E-state index contributed by atoms with van der Waals surface area (Å²) in [6.45, 7) is 6.55. The minimum atomic E-state index is -0.312. The number of amides is 1. The molecule has 0 radical (unpaired) electrons. The van der Waals surface area contributed by atoms with Crippen LogP contribution >= 0.6 is 0 Å². The van der Waals surface area contributed by atoms with E-state index < -0.39 is 0 Å². The van der Waals surface area contributed by atoms with Crippen molar-refractivity contribution in [2.24, 2.45) is 5.92 Å². The van der Waals surface area contributed by atoms with Gasteiger partial charge >= 0.3 is 0 Å². The number of ether oxygens (including phenoxy) is 1. The molecule has 218 valence electrons. The number of pyridine rings is 1. The van der Waals surface area contributed by atoms with E-state index in [1.165, 1.54) is 35.6 Å². The van der Waals surface area contributed by atoms with Crippen LogP contribution in [0, 0.1) is 28.6 Å². The number of piperazine rings is 1. The van der Waals surface area contributed by atoms with E-state index in [1.54, 1.807) is 4.90 Å². The molecule has 8 heteroatoms. The van der Waals surface area contributed by atoms with Gasteiger partial charge in [0.05, 0.1) is 29.7 Å². The fraction of sp³-hybridized carbons (Fsp3) is 0.429. The maximum absolute atomic E-state index is 12.6. The molecule has 2 aliphatic heterocycles. The van der Waals surface area contributed by atoms with Crippen molar-refractivity contribution in [3.63, 3.8) is 0 Å². The number of rotatable bonds is 7. The summed E-state index contributed by atoms with van der Waals surface area (Å²) >= 11 is 0. The zero-order valence-electron chi connectivity index (χ0n) is 24.6. The lowest BCUT2D eigenvalue weighted by Gasteiger charge is -2.42. The molecule has 8 nitrogen and oxygen atoms in total. The van der Waals surface area contributed by atoms with Crippen molar-refractivity contribution < 1.29 is 9.53 Å². The molecule has 2 unspecified atom stereocenters. The number of hydrogen-bond donors (Lipinski definition) is 0. The molecule has 4 aliphatic rings. The van der Waals surface area contributed by atoms with Gasteiger partial charge in [-0.3, -0.25) is 4.79 Å². The van der Waals surface area contributed by atoms with Crippen molar-refractivity contribution in [3.8, 4) is 29.1 Å². The number of anilines is 1. The molecule has 1 amide bonds. The van der Waals surface area contributed by atoms with Gasteiger partial charge in [-0.25, -0.2) is 4.98 Å². The van der Waals surface area contributed by atoms with Crippen molar-refractivity contribution >= 4 is 22.5 Å². The average molecular weight is 573 g/mol. The SMILES string of the molecule is C=CC(=O)N1CCN(c2c(C#N)c(OC[C@@H]3CCCN3C)nc3cc(-c4cccc5c4C4CC4C5)ccc23)C[C@@H]1CC#N. The Balaban J connectivity index is 1.33. The number of carbonyl (C=O) groups is 1. The van der Waals surface area contributed by atoms with Gasteiger partial charge in [0.2, 0.25) is 11.8 Å². The molecule has 43 heavy (non-hydrogen) atoms. The molecule has 3 aromatic rings. The number of aromatic nitrogens is 1. The molecule has 3 fully saturated rings. The highest BCUT2D eigenvalue weighted by Crippen LogP contribution is 2.58. The Hall–Kier alpha value is -4.40. The standard InChI is InChI=1S/C35H36N6O2/c1-3-32(42)41-15-14-40(20-25(41)11-12-36)34-28-10-9-22(27-8-4-6-23-16-24-17-29(24)33(23)27)18-31(28)38-35(30(34)19-37)43-21-26-7-5-13-39(26)2/h3-4,6,8-10,18,24-26,29H,1,5,7,11,13-17,20-21H2,2H3/t24?,25-,26-,29?/m0/s1. The molecule has 0 bridgehead atoms. The van der Waals surface area contributed by atoms with Gasteiger partial charge < -0.3 is 19.4 Å². The molecule has 2 aromatic carbocycles. The summed E-state index contributed by atoms with van der Waals surface area (Å²) in [5.74, 6) is 1.63. The van der Waals surface area contributed by atoms with Gasteiger partial charge in [0.1, 0.15) is 18.2 Å². The Morgan fingerprint density at radius 1 is 1.19 bits per heavy atom. The van der Waals surface area contributed by atoms with E-state index in [1.807, 2.05) is 0 Å². The van der Waals surface area contributed by atoms with E-state index in [2.05, 4.69) is 72.0 Å². The van der Waals surface area contributed by atoms with E-state index in [0.717, 1.165) is 47.5 Å². The van der Waals surface area contributed by atoms with Crippen LogP contribution in [0.15, 0.2) is 49.1 Å². The first-order chi connectivity index (χ1) is 21.0. The van der Waals surface area contributed by atoms with Gasteiger partial charge in [-0.05, 0) is 85.5 Å². The Kier molecular flexibility index (Phi) is 7.03. The molecule has 1 aromatic heterocycles. The lowest BCUT2D eigenvalue weighted by atomic mass is 9.93. The Bertz CT molecular complexity index is 1700. The number of benzene rings is 2. The first kappa shape index (κ1) is 27.4. The highest BCUT2D eigenvalue weighted by atomic mass is 16.5. The van der Waals surface area contributed by atoms with Crippen LogP contribution in [0.2, 0.25) is 0 Å². The zero-order chi connectivity index (χ0) is 29.7. The predicted molar refractivity (Wildman–Crippen MR) is 166 cm³/mol. The smallest absolute Gasteiger partial charge is 0.246 e. The Morgan fingerprint density at radius 3 is 2.84 bits per heavy atom. The molecular formula is C35H36N6O2. The second-order valence-corrected chi connectivity index (χ2v) is 12.5. The lowest BCUT2D eigenvalue weighted by Crippen LogP contribution is -2.55. The monoisotopic (exact) mass is 572 g/mol. The summed E-state index contributed by atoms with van der Waals surface area (Å²) in [5.41, 5.74) is 7.31. The van der Waals surface area contributed by atoms with E-state index in [0.29, 0.717) is 43.6 Å². The third-order valence-corrected chi connectivity index (χ3v) is 9.99. The van der Waals surface area contributed by atoms with Crippen LogP contribution in [0.5, 0.6) is 5.88 Å². The molecular weight excluding hydrogens is 536 g/mol. The molecule has 1 saturated carbocycles. The number of fused-ring (bicyclic) bond motifs is 4. The summed E-state index contributed by atoms with van der Waals surface area (Å²) in [6.07, 6.45) is 6.15. The van der Waals surface area contributed by atoms with Gasteiger partial charge in [-0.15, -0.1) is 0 Å². The molecule has 0 spiro atoms. The highest BCUT2D eigenvalue weighted by molar-refractivity contribution is 5.98. The molecule has 3 heterocycles. The van der Waals surface area contributed by atoms with E-state index in [9.17, 15) is 15.3 Å². The van der Waals surface area contributed by atoms with Crippen LogP contribution in [0.3, 0.4) is 0 Å². The number of likely N-dealkylation sites (tertiary alicyclic amines) is 1. The largest absolute Gasteiger partial charge is 0.475 e. The van der Waals surface area contributed by atoms with Crippen LogP contribution in [0.4, 0.5) is 5.69 Å².